The van der Waals surface area contributed by atoms with E-state index < -0.39 is 0 Å². The first-order valence-electron chi connectivity index (χ1n) is 4.76. The molecule has 1 radical (unpaired) electrons. The molecule has 1 aliphatic heterocycles. The Labute approximate surface area is 79.8 Å². The van der Waals surface area contributed by atoms with Gasteiger partial charge in [-0.05, 0) is 25.2 Å². The third kappa shape index (κ3) is 2.01. The Morgan fingerprint density at radius 2 is 2.00 bits per heavy atom. The summed E-state index contributed by atoms with van der Waals surface area (Å²) in [6.07, 6.45) is 0. The van der Waals surface area contributed by atoms with E-state index in [2.05, 4.69) is 35.0 Å². The van der Waals surface area contributed by atoms with Crippen LogP contribution in [0.4, 0.5) is 5.69 Å². The lowest BCUT2D eigenvalue weighted by Gasteiger charge is -2.33. The molecule has 1 aliphatic rings. The molecule has 1 aromatic rings. The Bertz CT molecular complexity index is 250. The lowest BCUT2D eigenvalue weighted by atomic mass is 10.2. The van der Waals surface area contributed by atoms with Crippen LogP contribution in [0.2, 0.25) is 0 Å². The standard InChI is InChI=1S/C11H15N2/c1-12-7-9-13(10-8-12)11-5-3-2-4-6-11/h2-3,5-6H,7-10H2,1H3. The summed E-state index contributed by atoms with van der Waals surface area (Å²) in [4.78, 5) is 4.78. The van der Waals surface area contributed by atoms with Crippen molar-refractivity contribution in [2.75, 3.05) is 38.1 Å². The summed E-state index contributed by atoms with van der Waals surface area (Å²) in [7, 11) is 2.18. The summed E-state index contributed by atoms with van der Waals surface area (Å²) in [6, 6.07) is 11.3. The summed E-state index contributed by atoms with van der Waals surface area (Å²) in [5.74, 6) is 0. The number of likely N-dealkylation sites (N-methyl/N-ethyl adjacent to an activating group) is 1. The predicted octanol–water partition coefficient (Wildman–Crippen LogP) is 1.24. The van der Waals surface area contributed by atoms with E-state index in [4.69, 9.17) is 0 Å². The van der Waals surface area contributed by atoms with Gasteiger partial charge >= 0.3 is 0 Å². The first-order valence-corrected chi connectivity index (χ1v) is 4.76. The molecule has 1 heterocycles. The van der Waals surface area contributed by atoms with Crippen molar-refractivity contribution in [1.29, 1.82) is 0 Å². The molecule has 2 heteroatoms. The average Bonchev–Trinajstić information content (AvgIpc) is 2.20. The highest BCUT2D eigenvalue weighted by Crippen LogP contribution is 2.14. The van der Waals surface area contributed by atoms with Crippen LogP contribution in [0, 0.1) is 6.07 Å². The highest BCUT2D eigenvalue weighted by atomic mass is 15.2. The predicted molar refractivity (Wildman–Crippen MR) is 55.0 cm³/mol. The Morgan fingerprint density at radius 1 is 1.23 bits per heavy atom. The van der Waals surface area contributed by atoms with E-state index in [1.165, 1.54) is 5.69 Å². The van der Waals surface area contributed by atoms with Crippen molar-refractivity contribution in [2.45, 2.75) is 0 Å². The van der Waals surface area contributed by atoms with Crippen LogP contribution in [0.3, 0.4) is 0 Å². The zero-order valence-electron chi connectivity index (χ0n) is 8.03. The van der Waals surface area contributed by atoms with Crippen molar-refractivity contribution in [3.63, 3.8) is 0 Å². The molecule has 0 aromatic heterocycles. The minimum absolute atomic E-state index is 1.13. The maximum atomic E-state index is 3.11. The number of hydrogen-bond acceptors (Lipinski definition) is 2. The Hall–Kier alpha value is -1.02. The number of piperazine rings is 1. The van der Waals surface area contributed by atoms with Gasteiger partial charge in [0.1, 0.15) is 0 Å². The van der Waals surface area contributed by atoms with E-state index in [0.29, 0.717) is 0 Å². The molecule has 2 rings (SSSR count). The summed E-state index contributed by atoms with van der Waals surface area (Å²) in [5, 5.41) is 0. The smallest absolute Gasteiger partial charge is 0.0373 e. The molecule has 69 valence electrons. The molecule has 0 amide bonds. The Morgan fingerprint density at radius 3 is 2.62 bits per heavy atom. The minimum atomic E-state index is 1.13. The Kier molecular flexibility index (Phi) is 2.50. The van der Waals surface area contributed by atoms with Gasteiger partial charge in [0.15, 0.2) is 0 Å². The van der Waals surface area contributed by atoms with Gasteiger partial charge in [0, 0.05) is 31.9 Å². The number of benzene rings is 1. The van der Waals surface area contributed by atoms with Crippen LogP contribution in [0.25, 0.3) is 0 Å². The normalized spacial score (nSPS) is 19.0. The van der Waals surface area contributed by atoms with Crippen LogP contribution in [0.15, 0.2) is 24.3 Å². The molecule has 1 aromatic carbocycles. The van der Waals surface area contributed by atoms with Gasteiger partial charge in [-0.3, -0.25) is 0 Å². The molecule has 0 spiro atoms. The van der Waals surface area contributed by atoms with Gasteiger partial charge in [0.25, 0.3) is 0 Å². The summed E-state index contributed by atoms with van der Waals surface area (Å²) < 4.78 is 0. The van der Waals surface area contributed by atoms with Crippen LogP contribution in [0.5, 0.6) is 0 Å². The van der Waals surface area contributed by atoms with Gasteiger partial charge in [0.2, 0.25) is 0 Å². The van der Waals surface area contributed by atoms with Crippen molar-refractivity contribution in [1.82, 2.24) is 4.90 Å². The second-order valence-electron chi connectivity index (χ2n) is 3.55. The molecule has 0 saturated carbocycles. The van der Waals surface area contributed by atoms with E-state index in [-0.39, 0.29) is 0 Å². The molecule has 1 fully saturated rings. The molecule has 0 aliphatic carbocycles. The monoisotopic (exact) mass is 175 g/mol. The number of nitrogens with zero attached hydrogens (tertiary/aromatic N) is 2. The van der Waals surface area contributed by atoms with E-state index in [0.717, 1.165) is 26.2 Å². The SMILES string of the molecule is CN1CCN(c2c[c]ccc2)CC1. The van der Waals surface area contributed by atoms with Gasteiger partial charge < -0.3 is 9.80 Å². The molecular formula is C11H15N2. The third-order valence-electron chi connectivity index (χ3n) is 2.56. The number of hydrogen-bond donors (Lipinski definition) is 0. The lowest BCUT2D eigenvalue weighted by molar-refractivity contribution is 0.313. The fourth-order valence-corrected chi connectivity index (χ4v) is 1.65. The van der Waals surface area contributed by atoms with E-state index in [9.17, 15) is 0 Å². The molecule has 13 heavy (non-hydrogen) atoms. The molecular weight excluding hydrogens is 160 g/mol. The third-order valence-corrected chi connectivity index (χ3v) is 2.56. The van der Waals surface area contributed by atoms with E-state index >= 15 is 0 Å². The Balaban J connectivity index is 2.03. The summed E-state index contributed by atoms with van der Waals surface area (Å²) in [6.45, 7) is 4.59. The second kappa shape index (κ2) is 3.79. The van der Waals surface area contributed by atoms with Crippen LogP contribution in [-0.4, -0.2) is 38.1 Å². The highest BCUT2D eigenvalue weighted by molar-refractivity contribution is 5.45. The van der Waals surface area contributed by atoms with Crippen molar-refractivity contribution >= 4 is 5.69 Å². The number of rotatable bonds is 1. The van der Waals surface area contributed by atoms with Crippen molar-refractivity contribution in [2.24, 2.45) is 0 Å². The topological polar surface area (TPSA) is 6.48 Å². The van der Waals surface area contributed by atoms with Crippen LogP contribution in [0.1, 0.15) is 0 Å². The van der Waals surface area contributed by atoms with Crippen LogP contribution < -0.4 is 4.90 Å². The van der Waals surface area contributed by atoms with E-state index in [1.54, 1.807) is 0 Å². The van der Waals surface area contributed by atoms with Gasteiger partial charge in [-0.1, -0.05) is 12.1 Å². The maximum absolute atomic E-state index is 3.11. The maximum Gasteiger partial charge on any atom is 0.0373 e. The lowest BCUT2D eigenvalue weighted by Crippen LogP contribution is -2.44. The summed E-state index contributed by atoms with van der Waals surface area (Å²) >= 11 is 0. The van der Waals surface area contributed by atoms with Gasteiger partial charge in [-0.2, -0.15) is 0 Å². The minimum Gasteiger partial charge on any atom is -0.369 e. The van der Waals surface area contributed by atoms with Crippen molar-refractivity contribution in [3.8, 4) is 0 Å². The van der Waals surface area contributed by atoms with E-state index in [1.807, 2.05) is 12.1 Å². The fourth-order valence-electron chi connectivity index (χ4n) is 1.65. The first-order chi connectivity index (χ1) is 6.36. The number of anilines is 1. The molecule has 1 saturated heterocycles. The van der Waals surface area contributed by atoms with Crippen LogP contribution >= 0.6 is 0 Å². The molecule has 0 unspecified atom stereocenters. The van der Waals surface area contributed by atoms with Crippen molar-refractivity contribution < 1.29 is 0 Å². The summed E-state index contributed by atoms with van der Waals surface area (Å²) in [5.41, 5.74) is 1.30. The van der Waals surface area contributed by atoms with Gasteiger partial charge in [-0.15, -0.1) is 0 Å². The van der Waals surface area contributed by atoms with Gasteiger partial charge in [0.05, 0.1) is 0 Å². The first kappa shape index (κ1) is 8.57. The molecule has 2 nitrogen and oxygen atoms in total. The van der Waals surface area contributed by atoms with Crippen molar-refractivity contribution in [3.05, 3.63) is 30.3 Å². The molecule has 0 bridgehead atoms. The zero-order chi connectivity index (χ0) is 9.10. The zero-order valence-corrected chi connectivity index (χ0v) is 8.03. The van der Waals surface area contributed by atoms with Crippen LogP contribution in [-0.2, 0) is 0 Å². The molecule has 0 N–H and O–H groups in total. The van der Waals surface area contributed by atoms with Gasteiger partial charge in [-0.25, -0.2) is 0 Å². The average molecular weight is 175 g/mol. The highest BCUT2D eigenvalue weighted by Gasteiger charge is 2.13. The molecule has 0 atom stereocenters. The quantitative estimate of drug-likeness (QED) is 0.633. The second-order valence-corrected chi connectivity index (χ2v) is 3.55. The fraction of sp³-hybridized carbons (Fsp3) is 0.455. The largest absolute Gasteiger partial charge is 0.369 e.